The summed E-state index contributed by atoms with van der Waals surface area (Å²) < 4.78 is 0. The van der Waals surface area contributed by atoms with Gasteiger partial charge in [0.15, 0.2) is 0 Å². The van der Waals surface area contributed by atoms with Gasteiger partial charge < -0.3 is 10.2 Å². The molecule has 1 rings (SSSR count). The molecule has 1 aromatic carbocycles. The number of carboxylic acid groups (broad SMARTS) is 1. The van der Waals surface area contributed by atoms with Crippen molar-refractivity contribution in [3.63, 3.8) is 0 Å². The first-order chi connectivity index (χ1) is 6.60. The summed E-state index contributed by atoms with van der Waals surface area (Å²) in [6, 6.07) is 4.48. The number of carboxylic acids is 1. The van der Waals surface area contributed by atoms with Crippen LogP contribution in [0.15, 0.2) is 12.1 Å². The smallest absolute Gasteiger partial charge is 0.337 e. The average Bonchev–Trinajstić information content (AvgIpc) is 2.16. The van der Waals surface area contributed by atoms with Crippen LogP contribution in [0.25, 0.3) is 0 Å². The largest absolute Gasteiger partial charge is 0.507 e. The Hall–Kier alpha value is -2.02. The predicted molar refractivity (Wildman–Crippen MR) is 49.2 cm³/mol. The van der Waals surface area contributed by atoms with E-state index in [9.17, 15) is 9.90 Å². The number of hydrogen-bond acceptors (Lipinski definition) is 3. The van der Waals surface area contributed by atoms with Crippen LogP contribution < -0.4 is 0 Å². The van der Waals surface area contributed by atoms with Gasteiger partial charge in [0.2, 0.25) is 0 Å². The van der Waals surface area contributed by atoms with Crippen LogP contribution in [0.3, 0.4) is 0 Å². The first-order valence-electron chi connectivity index (χ1n) is 4.09. The maximum atomic E-state index is 10.7. The normalized spacial score (nSPS) is 9.43. The lowest BCUT2D eigenvalue weighted by molar-refractivity contribution is 0.0696. The van der Waals surface area contributed by atoms with E-state index in [4.69, 9.17) is 10.4 Å². The minimum absolute atomic E-state index is 0.149. The van der Waals surface area contributed by atoms with Gasteiger partial charge in [-0.3, -0.25) is 0 Å². The van der Waals surface area contributed by atoms with Crippen molar-refractivity contribution in [2.75, 3.05) is 0 Å². The van der Waals surface area contributed by atoms with Crippen LogP contribution in [0.1, 0.15) is 28.4 Å². The Morgan fingerprint density at radius 2 is 2.21 bits per heavy atom. The molecule has 0 saturated carbocycles. The van der Waals surface area contributed by atoms with Crippen molar-refractivity contribution < 1.29 is 15.0 Å². The number of carbonyl (C=O) groups is 1. The Bertz CT molecular complexity index is 418. The number of rotatable bonds is 2. The molecule has 0 spiro atoms. The Morgan fingerprint density at radius 3 is 2.64 bits per heavy atom. The van der Waals surface area contributed by atoms with Gasteiger partial charge in [0.05, 0.1) is 5.56 Å². The zero-order chi connectivity index (χ0) is 10.7. The lowest BCUT2D eigenvalue weighted by Gasteiger charge is -2.04. The molecule has 0 amide bonds. The third-order valence-electron chi connectivity index (χ3n) is 1.93. The fourth-order valence-corrected chi connectivity index (χ4v) is 1.18. The Labute approximate surface area is 81.0 Å². The maximum absolute atomic E-state index is 10.7. The minimum atomic E-state index is -1.20. The number of aryl methyl sites for hydroxylation is 1. The zero-order valence-corrected chi connectivity index (χ0v) is 7.61. The Morgan fingerprint density at radius 1 is 1.57 bits per heavy atom. The molecule has 0 aliphatic heterocycles. The summed E-state index contributed by atoms with van der Waals surface area (Å²) in [7, 11) is 0. The van der Waals surface area contributed by atoms with Crippen molar-refractivity contribution in [3.8, 4) is 11.8 Å². The topological polar surface area (TPSA) is 81.3 Å². The second-order valence-corrected chi connectivity index (χ2v) is 2.81. The number of phenols is 1. The second kappa shape index (κ2) is 3.79. The van der Waals surface area contributed by atoms with Gasteiger partial charge in [-0.25, -0.2) is 4.79 Å². The molecule has 4 nitrogen and oxygen atoms in total. The second-order valence-electron chi connectivity index (χ2n) is 2.81. The van der Waals surface area contributed by atoms with Gasteiger partial charge in [-0.2, -0.15) is 5.26 Å². The minimum Gasteiger partial charge on any atom is -0.507 e. The monoisotopic (exact) mass is 191 g/mol. The molecule has 0 bridgehead atoms. The zero-order valence-electron chi connectivity index (χ0n) is 7.61. The molecule has 0 saturated heterocycles. The van der Waals surface area contributed by atoms with Crippen LogP contribution in [0.2, 0.25) is 0 Å². The fourth-order valence-electron chi connectivity index (χ4n) is 1.18. The third kappa shape index (κ3) is 1.67. The van der Waals surface area contributed by atoms with Gasteiger partial charge in [-0.1, -0.05) is 6.92 Å². The first kappa shape index (κ1) is 10.1. The van der Waals surface area contributed by atoms with Crippen molar-refractivity contribution in [2.45, 2.75) is 13.3 Å². The average molecular weight is 191 g/mol. The van der Waals surface area contributed by atoms with Gasteiger partial charge in [-0.15, -0.1) is 0 Å². The number of phenolic OH excluding ortho intramolecular Hbond substituents is 1. The number of aromatic carboxylic acids is 1. The maximum Gasteiger partial charge on any atom is 0.337 e. The van der Waals surface area contributed by atoms with Crippen LogP contribution in [0, 0.1) is 11.3 Å². The molecule has 72 valence electrons. The number of hydrogen-bond donors (Lipinski definition) is 2. The van der Waals surface area contributed by atoms with E-state index < -0.39 is 5.97 Å². The van der Waals surface area contributed by atoms with Crippen LogP contribution >= 0.6 is 0 Å². The quantitative estimate of drug-likeness (QED) is 0.742. The van der Waals surface area contributed by atoms with Gasteiger partial charge in [0.25, 0.3) is 0 Å². The molecular formula is C10H9NO3. The summed E-state index contributed by atoms with van der Waals surface area (Å²) in [5.41, 5.74) is 0.359. The highest BCUT2D eigenvalue weighted by Gasteiger charge is 2.14. The Balaban J connectivity index is 3.45. The summed E-state index contributed by atoms with van der Waals surface area (Å²) >= 11 is 0. The van der Waals surface area contributed by atoms with E-state index in [1.54, 1.807) is 6.07 Å². The molecular weight excluding hydrogens is 182 g/mol. The molecule has 14 heavy (non-hydrogen) atoms. The number of nitriles is 1. The van der Waals surface area contributed by atoms with Gasteiger partial charge >= 0.3 is 5.97 Å². The highest BCUT2D eigenvalue weighted by molar-refractivity contribution is 5.91. The molecule has 0 unspecified atom stereocenters. The van der Waals surface area contributed by atoms with E-state index in [1.165, 1.54) is 12.1 Å². The standard InChI is InChI=1S/C10H9NO3/c1-2-6-3-7(10(13)14)8(5-11)9(12)4-6/h3-4,12H,2H2,1H3,(H,13,14). The third-order valence-corrected chi connectivity index (χ3v) is 1.93. The molecule has 1 aromatic rings. The summed E-state index contributed by atoms with van der Waals surface area (Å²) in [5, 5.41) is 26.8. The molecule has 0 aliphatic rings. The molecule has 0 heterocycles. The lowest BCUT2D eigenvalue weighted by Crippen LogP contribution is -2.01. The Kier molecular flexibility index (Phi) is 2.73. The first-order valence-corrected chi connectivity index (χ1v) is 4.09. The summed E-state index contributed by atoms with van der Waals surface area (Å²) in [6.07, 6.45) is 0.611. The van der Waals surface area contributed by atoms with E-state index in [0.717, 1.165) is 0 Å². The summed E-state index contributed by atoms with van der Waals surface area (Å²) in [4.78, 5) is 10.7. The number of nitrogens with zero attached hydrogens (tertiary/aromatic N) is 1. The van der Waals surface area contributed by atoms with Crippen LogP contribution in [-0.2, 0) is 6.42 Å². The SMILES string of the molecule is CCc1cc(O)c(C#N)c(C(=O)O)c1. The van der Waals surface area contributed by atoms with Crippen molar-refractivity contribution in [3.05, 3.63) is 28.8 Å². The summed E-state index contributed by atoms with van der Waals surface area (Å²) in [6.45, 7) is 1.84. The van der Waals surface area contributed by atoms with Crippen molar-refractivity contribution >= 4 is 5.97 Å². The van der Waals surface area contributed by atoms with Gasteiger partial charge in [-0.05, 0) is 24.1 Å². The van der Waals surface area contributed by atoms with Gasteiger partial charge in [0, 0.05) is 0 Å². The predicted octanol–water partition coefficient (Wildman–Crippen LogP) is 1.52. The van der Waals surface area contributed by atoms with Gasteiger partial charge in [0.1, 0.15) is 17.4 Å². The van der Waals surface area contributed by atoms with Crippen LogP contribution in [0.4, 0.5) is 0 Å². The highest BCUT2D eigenvalue weighted by Crippen LogP contribution is 2.23. The van der Waals surface area contributed by atoms with Crippen molar-refractivity contribution in [1.29, 1.82) is 5.26 Å². The number of benzene rings is 1. The molecule has 4 heteroatoms. The van der Waals surface area contributed by atoms with Crippen LogP contribution in [-0.4, -0.2) is 16.2 Å². The molecule has 0 atom stereocenters. The van der Waals surface area contributed by atoms with E-state index in [0.29, 0.717) is 12.0 Å². The molecule has 2 N–H and O–H groups in total. The molecule has 0 aliphatic carbocycles. The van der Waals surface area contributed by atoms with E-state index in [1.807, 2.05) is 6.92 Å². The van der Waals surface area contributed by atoms with E-state index in [2.05, 4.69) is 0 Å². The molecule has 0 aromatic heterocycles. The molecule has 0 fully saturated rings. The van der Waals surface area contributed by atoms with Crippen molar-refractivity contribution in [2.24, 2.45) is 0 Å². The van der Waals surface area contributed by atoms with E-state index >= 15 is 0 Å². The number of aromatic hydroxyl groups is 1. The highest BCUT2D eigenvalue weighted by atomic mass is 16.4. The fraction of sp³-hybridized carbons (Fsp3) is 0.200. The van der Waals surface area contributed by atoms with Crippen LogP contribution in [0.5, 0.6) is 5.75 Å². The van der Waals surface area contributed by atoms with Crippen molar-refractivity contribution in [1.82, 2.24) is 0 Å². The van der Waals surface area contributed by atoms with E-state index in [-0.39, 0.29) is 16.9 Å². The lowest BCUT2D eigenvalue weighted by atomic mass is 10.0. The molecule has 0 radical (unpaired) electrons. The summed E-state index contributed by atoms with van der Waals surface area (Å²) in [5.74, 6) is -1.48.